The SMILES string of the molecule is O=C(Nc1sc2c(c1[C@@H](c1ccccc1)N1CCCCC1)CCCC2)c1ccco1. The van der Waals surface area contributed by atoms with E-state index in [1.807, 2.05) is 0 Å². The number of benzene rings is 1. The molecule has 1 aliphatic carbocycles. The van der Waals surface area contributed by atoms with Crippen LogP contribution < -0.4 is 5.32 Å². The largest absolute Gasteiger partial charge is 0.459 e. The van der Waals surface area contributed by atoms with E-state index in [1.165, 1.54) is 53.7 Å². The molecule has 0 radical (unpaired) electrons. The highest BCUT2D eigenvalue weighted by atomic mass is 32.1. The van der Waals surface area contributed by atoms with Crippen molar-refractivity contribution >= 4 is 22.2 Å². The highest BCUT2D eigenvalue weighted by Gasteiger charge is 2.32. The maximum Gasteiger partial charge on any atom is 0.291 e. The van der Waals surface area contributed by atoms with E-state index in [0.717, 1.165) is 30.9 Å². The van der Waals surface area contributed by atoms with Crippen LogP contribution in [0.5, 0.6) is 0 Å². The molecular formula is C25H28N2O2S. The molecule has 1 fully saturated rings. The van der Waals surface area contributed by atoms with E-state index in [1.54, 1.807) is 29.7 Å². The molecule has 0 saturated carbocycles. The fourth-order valence-corrected chi connectivity index (χ4v) is 6.23. The first kappa shape index (κ1) is 19.6. The Balaban J connectivity index is 1.60. The lowest BCUT2D eigenvalue weighted by Crippen LogP contribution is -2.35. The smallest absolute Gasteiger partial charge is 0.291 e. The topological polar surface area (TPSA) is 45.5 Å². The highest BCUT2D eigenvalue weighted by molar-refractivity contribution is 7.16. The molecule has 1 atom stereocenters. The number of thiophene rings is 1. The predicted octanol–water partition coefficient (Wildman–Crippen LogP) is 6.05. The van der Waals surface area contributed by atoms with Gasteiger partial charge in [0.1, 0.15) is 5.00 Å². The van der Waals surface area contributed by atoms with Crippen molar-refractivity contribution in [1.29, 1.82) is 0 Å². The van der Waals surface area contributed by atoms with Crippen LogP contribution in [0.3, 0.4) is 0 Å². The van der Waals surface area contributed by atoms with Gasteiger partial charge in [0.15, 0.2) is 5.76 Å². The summed E-state index contributed by atoms with van der Waals surface area (Å²) in [7, 11) is 0. The fourth-order valence-electron chi connectivity index (χ4n) is 4.92. The second kappa shape index (κ2) is 8.78. The maximum atomic E-state index is 12.9. The first-order chi connectivity index (χ1) is 14.8. The van der Waals surface area contributed by atoms with Crippen LogP contribution in [0.4, 0.5) is 5.00 Å². The zero-order chi connectivity index (χ0) is 20.3. The molecule has 0 spiro atoms. The molecule has 1 amide bonds. The number of carbonyl (C=O) groups excluding carboxylic acids is 1. The number of aryl methyl sites for hydroxylation is 1. The summed E-state index contributed by atoms with van der Waals surface area (Å²) < 4.78 is 5.35. The molecular weight excluding hydrogens is 392 g/mol. The van der Waals surface area contributed by atoms with Crippen molar-refractivity contribution in [2.24, 2.45) is 0 Å². The van der Waals surface area contributed by atoms with E-state index in [-0.39, 0.29) is 11.9 Å². The Morgan fingerprint density at radius 2 is 1.77 bits per heavy atom. The van der Waals surface area contributed by atoms with E-state index in [0.29, 0.717) is 5.76 Å². The van der Waals surface area contributed by atoms with E-state index in [2.05, 4.69) is 40.5 Å². The molecule has 5 rings (SSSR count). The third kappa shape index (κ3) is 3.84. The number of rotatable bonds is 5. The number of piperidine rings is 1. The van der Waals surface area contributed by atoms with Gasteiger partial charge in [0.05, 0.1) is 12.3 Å². The number of anilines is 1. The molecule has 156 valence electrons. The Bertz CT molecular complexity index is 988. The molecule has 5 heteroatoms. The molecule has 0 unspecified atom stereocenters. The molecule has 1 aliphatic heterocycles. The highest BCUT2D eigenvalue weighted by Crippen LogP contribution is 2.46. The lowest BCUT2D eigenvalue weighted by Gasteiger charge is -2.36. The lowest BCUT2D eigenvalue weighted by molar-refractivity contribution is 0.0996. The quantitative estimate of drug-likeness (QED) is 0.547. The Hall–Kier alpha value is -2.37. The molecule has 0 bridgehead atoms. The summed E-state index contributed by atoms with van der Waals surface area (Å²) in [6, 6.07) is 14.5. The summed E-state index contributed by atoms with van der Waals surface area (Å²) in [6.07, 6.45) is 10.0. The number of hydrogen-bond donors (Lipinski definition) is 1. The Kier molecular flexibility index (Phi) is 5.73. The second-order valence-corrected chi connectivity index (χ2v) is 9.40. The van der Waals surface area contributed by atoms with Crippen LogP contribution in [0.25, 0.3) is 0 Å². The molecule has 1 N–H and O–H groups in total. The van der Waals surface area contributed by atoms with Crippen LogP contribution in [-0.4, -0.2) is 23.9 Å². The van der Waals surface area contributed by atoms with Crippen LogP contribution in [-0.2, 0) is 12.8 Å². The number of nitrogens with zero attached hydrogens (tertiary/aromatic N) is 1. The van der Waals surface area contributed by atoms with Gasteiger partial charge in [0.2, 0.25) is 0 Å². The molecule has 30 heavy (non-hydrogen) atoms. The first-order valence-corrected chi connectivity index (χ1v) is 11.9. The summed E-state index contributed by atoms with van der Waals surface area (Å²) in [4.78, 5) is 16.9. The summed E-state index contributed by atoms with van der Waals surface area (Å²) in [5.74, 6) is 0.201. The maximum absolute atomic E-state index is 12.9. The molecule has 2 aliphatic rings. The van der Waals surface area contributed by atoms with Gasteiger partial charge in [-0.05, 0) is 74.9 Å². The Morgan fingerprint density at radius 1 is 0.967 bits per heavy atom. The Morgan fingerprint density at radius 3 is 2.53 bits per heavy atom. The standard InChI is InChI=1S/C25H28N2O2S/c28-24(20-13-9-17-29-20)26-25-22(19-12-5-6-14-21(19)30-25)23(18-10-3-1-4-11-18)27-15-7-2-8-16-27/h1,3-4,9-11,13,17,23H,2,5-8,12,14-16H2,(H,26,28)/t23-/m1/s1. The molecule has 1 saturated heterocycles. The molecule has 1 aromatic carbocycles. The monoisotopic (exact) mass is 420 g/mol. The van der Waals surface area contributed by atoms with Crippen molar-refractivity contribution in [3.63, 3.8) is 0 Å². The average Bonchev–Trinajstić information content (AvgIpc) is 3.45. The summed E-state index contributed by atoms with van der Waals surface area (Å²) in [5.41, 5.74) is 4.11. The van der Waals surface area contributed by atoms with Gasteiger partial charge in [-0.1, -0.05) is 36.8 Å². The minimum atomic E-state index is -0.162. The van der Waals surface area contributed by atoms with E-state index >= 15 is 0 Å². The van der Waals surface area contributed by atoms with Gasteiger partial charge in [-0.3, -0.25) is 9.69 Å². The molecule has 2 aromatic heterocycles. The zero-order valence-electron chi connectivity index (χ0n) is 17.2. The molecule has 3 heterocycles. The van der Waals surface area contributed by atoms with E-state index < -0.39 is 0 Å². The number of fused-ring (bicyclic) bond motifs is 1. The molecule has 3 aromatic rings. The first-order valence-electron chi connectivity index (χ1n) is 11.1. The number of likely N-dealkylation sites (tertiary alicyclic amines) is 1. The predicted molar refractivity (Wildman–Crippen MR) is 121 cm³/mol. The third-order valence-electron chi connectivity index (χ3n) is 6.33. The van der Waals surface area contributed by atoms with Gasteiger partial charge < -0.3 is 9.73 Å². The van der Waals surface area contributed by atoms with Crippen molar-refractivity contribution < 1.29 is 9.21 Å². The third-order valence-corrected chi connectivity index (χ3v) is 7.55. The minimum Gasteiger partial charge on any atom is -0.459 e. The number of hydrogen-bond acceptors (Lipinski definition) is 4. The van der Waals surface area contributed by atoms with Gasteiger partial charge in [-0.15, -0.1) is 11.3 Å². The van der Waals surface area contributed by atoms with E-state index in [9.17, 15) is 4.79 Å². The number of furan rings is 1. The molecule has 4 nitrogen and oxygen atoms in total. The van der Waals surface area contributed by atoms with Gasteiger partial charge in [0, 0.05) is 10.4 Å². The van der Waals surface area contributed by atoms with Crippen LogP contribution in [0, 0.1) is 0 Å². The van der Waals surface area contributed by atoms with Crippen molar-refractivity contribution in [3.05, 3.63) is 76.1 Å². The minimum absolute atomic E-state index is 0.162. The average molecular weight is 421 g/mol. The van der Waals surface area contributed by atoms with Crippen molar-refractivity contribution in [1.82, 2.24) is 4.90 Å². The van der Waals surface area contributed by atoms with E-state index in [4.69, 9.17) is 4.42 Å². The summed E-state index contributed by atoms with van der Waals surface area (Å²) in [6.45, 7) is 2.21. The van der Waals surface area contributed by atoms with Gasteiger partial charge in [0.25, 0.3) is 5.91 Å². The zero-order valence-corrected chi connectivity index (χ0v) is 18.0. The van der Waals surface area contributed by atoms with Gasteiger partial charge in [-0.2, -0.15) is 0 Å². The normalized spacial score (nSPS) is 18.0. The van der Waals surface area contributed by atoms with Crippen LogP contribution in [0.15, 0.2) is 53.1 Å². The fraction of sp³-hybridized carbons (Fsp3) is 0.400. The Labute approximate surface area is 181 Å². The lowest BCUT2D eigenvalue weighted by atomic mass is 9.88. The summed E-state index contributed by atoms with van der Waals surface area (Å²) >= 11 is 1.77. The van der Waals surface area contributed by atoms with Gasteiger partial charge in [-0.25, -0.2) is 0 Å². The van der Waals surface area contributed by atoms with Crippen LogP contribution in [0.2, 0.25) is 0 Å². The van der Waals surface area contributed by atoms with Crippen LogP contribution in [0.1, 0.15) is 70.3 Å². The van der Waals surface area contributed by atoms with Crippen molar-refractivity contribution in [2.45, 2.75) is 51.0 Å². The van der Waals surface area contributed by atoms with Gasteiger partial charge >= 0.3 is 0 Å². The summed E-state index contributed by atoms with van der Waals surface area (Å²) in [5, 5.41) is 4.22. The second-order valence-electron chi connectivity index (χ2n) is 8.29. The van der Waals surface area contributed by atoms with Crippen molar-refractivity contribution in [3.8, 4) is 0 Å². The number of amides is 1. The van der Waals surface area contributed by atoms with Crippen molar-refractivity contribution in [2.75, 3.05) is 18.4 Å². The number of carbonyl (C=O) groups is 1. The van der Waals surface area contributed by atoms with Crippen LogP contribution >= 0.6 is 11.3 Å². The number of nitrogens with one attached hydrogen (secondary N) is 1.